The predicted octanol–water partition coefficient (Wildman–Crippen LogP) is 4.73. The largest absolute Gasteiger partial charge is 0.492 e. The maximum absolute atomic E-state index is 13.3. The van der Waals surface area contributed by atoms with Gasteiger partial charge in [0.1, 0.15) is 11.6 Å². The summed E-state index contributed by atoms with van der Waals surface area (Å²) in [6, 6.07) is 12.0. The highest BCUT2D eigenvalue weighted by molar-refractivity contribution is 7.98. The Morgan fingerprint density at radius 2 is 2.06 bits per heavy atom. The Bertz CT molecular complexity index is 1190. The zero-order valence-electron chi connectivity index (χ0n) is 19.2. The second-order valence-corrected chi connectivity index (χ2v) is 9.37. The van der Waals surface area contributed by atoms with E-state index in [2.05, 4.69) is 25.9 Å². The third kappa shape index (κ3) is 6.72. The van der Waals surface area contributed by atoms with E-state index >= 15 is 0 Å². The summed E-state index contributed by atoms with van der Waals surface area (Å²) in [6.07, 6.45) is 7.10. The molecule has 1 aliphatic heterocycles. The van der Waals surface area contributed by atoms with Gasteiger partial charge in [-0.25, -0.2) is 9.97 Å². The lowest BCUT2D eigenvalue weighted by molar-refractivity contribution is 0.102. The Kier molecular flexibility index (Phi) is 8.57. The molecule has 35 heavy (non-hydrogen) atoms. The number of hydrogen-bond acceptors (Lipinski definition) is 7. The molecule has 0 bridgehead atoms. The lowest BCUT2D eigenvalue weighted by Gasteiger charge is -2.23. The second-order valence-electron chi connectivity index (χ2n) is 8.05. The SMILES string of the molecule is CSc1ccc(C(=O)Nc2cccnc2C(=O)Nc2ccc(Cl)cn2)c(OCC2CCCNC2)c1. The maximum Gasteiger partial charge on any atom is 0.277 e. The average molecular weight is 512 g/mol. The van der Waals surface area contributed by atoms with Crippen LogP contribution < -0.4 is 20.7 Å². The van der Waals surface area contributed by atoms with E-state index < -0.39 is 5.91 Å². The first-order valence-corrected chi connectivity index (χ1v) is 12.8. The van der Waals surface area contributed by atoms with Crippen molar-refractivity contribution in [3.05, 3.63) is 71.1 Å². The van der Waals surface area contributed by atoms with Gasteiger partial charge >= 0.3 is 0 Å². The number of carbonyl (C=O) groups excluding carboxylic acids is 2. The Balaban J connectivity index is 1.51. The molecule has 10 heteroatoms. The molecule has 8 nitrogen and oxygen atoms in total. The van der Waals surface area contributed by atoms with Crippen LogP contribution >= 0.6 is 23.4 Å². The van der Waals surface area contributed by atoms with Gasteiger partial charge in [0.2, 0.25) is 0 Å². The van der Waals surface area contributed by atoms with Crippen LogP contribution in [-0.2, 0) is 0 Å². The van der Waals surface area contributed by atoms with Crippen LogP contribution in [-0.4, -0.2) is 47.7 Å². The molecule has 2 aromatic heterocycles. The molecular weight excluding hydrogens is 486 g/mol. The van der Waals surface area contributed by atoms with Crippen molar-refractivity contribution < 1.29 is 14.3 Å². The molecule has 182 valence electrons. The molecule has 1 aliphatic rings. The summed E-state index contributed by atoms with van der Waals surface area (Å²) < 4.78 is 6.12. The third-order valence-electron chi connectivity index (χ3n) is 5.55. The van der Waals surface area contributed by atoms with Gasteiger partial charge in [-0.15, -0.1) is 11.8 Å². The van der Waals surface area contributed by atoms with E-state index in [4.69, 9.17) is 16.3 Å². The molecule has 1 unspecified atom stereocenters. The van der Waals surface area contributed by atoms with Crippen LogP contribution in [0.1, 0.15) is 33.7 Å². The fraction of sp³-hybridized carbons (Fsp3) is 0.280. The first-order chi connectivity index (χ1) is 17.0. The number of anilines is 2. The van der Waals surface area contributed by atoms with E-state index in [1.54, 1.807) is 42.1 Å². The first kappa shape index (κ1) is 25.0. The summed E-state index contributed by atoms with van der Waals surface area (Å²) in [5, 5.41) is 9.32. The van der Waals surface area contributed by atoms with E-state index in [9.17, 15) is 9.59 Å². The van der Waals surface area contributed by atoms with E-state index in [-0.39, 0.29) is 17.3 Å². The highest BCUT2D eigenvalue weighted by Gasteiger charge is 2.20. The van der Waals surface area contributed by atoms with Crippen LogP contribution in [0.5, 0.6) is 5.75 Å². The van der Waals surface area contributed by atoms with Gasteiger partial charge in [-0.1, -0.05) is 11.6 Å². The minimum absolute atomic E-state index is 0.0640. The van der Waals surface area contributed by atoms with Gasteiger partial charge < -0.3 is 20.7 Å². The van der Waals surface area contributed by atoms with Crippen molar-refractivity contribution in [2.24, 2.45) is 5.92 Å². The van der Waals surface area contributed by atoms with Crippen LogP contribution in [0, 0.1) is 5.92 Å². The Morgan fingerprint density at radius 3 is 2.80 bits per heavy atom. The molecule has 1 fully saturated rings. The average Bonchev–Trinajstić information content (AvgIpc) is 2.89. The first-order valence-electron chi connectivity index (χ1n) is 11.2. The number of aromatic nitrogens is 2. The van der Waals surface area contributed by atoms with E-state index in [1.165, 1.54) is 12.4 Å². The van der Waals surface area contributed by atoms with Crippen LogP contribution in [0.15, 0.2) is 59.8 Å². The number of rotatable bonds is 8. The number of nitrogens with one attached hydrogen (secondary N) is 3. The number of amides is 2. The van der Waals surface area contributed by atoms with Crippen LogP contribution in [0.3, 0.4) is 0 Å². The molecule has 0 spiro atoms. The standard InChI is InChI=1S/C25H26ClN5O3S/c1-35-18-7-8-19(21(12-18)34-15-16-4-2-10-27-13-16)24(32)30-20-5-3-11-28-23(20)25(33)31-22-9-6-17(26)14-29-22/h3,5-9,11-12,14,16,27H,2,4,10,13,15H2,1H3,(H,30,32)(H,29,31,33). The molecule has 1 aromatic carbocycles. The van der Waals surface area contributed by atoms with E-state index in [0.717, 1.165) is 30.8 Å². The molecule has 3 aromatic rings. The number of piperidine rings is 1. The predicted molar refractivity (Wildman–Crippen MR) is 139 cm³/mol. The number of carbonyl (C=O) groups is 2. The van der Waals surface area contributed by atoms with Crippen LogP contribution in [0.4, 0.5) is 11.5 Å². The minimum Gasteiger partial charge on any atom is -0.492 e. The fourth-order valence-electron chi connectivity index (χ4n) is 3.71. The number of benzene rings is 1. The quantitative estimate of drug-likeness (QED) is 0.375. The van der Waals surface area contributed by atoms with Crippen molar-refractivity contribution in [3.63, 3.8) is 0 Å². The normalized spacial score (nSPS) is 15.3. The van der Waals surface area contributed by atoms with Crippen molar-refractivity contribution in [3.8, 4) is 5.75 Å². The summed E-state index contributed by atoms with van der Waals surface area (Å²) in [7, 11) is 0. The van der Waals surface area contributed by atoms with Gasteiger partial charge in [-0.3, -0.25) is 9.59 Å². The van der Waals surface area contributed by atoms with Crippen LogP contribution in [0.2, 0.25) is 5.02 Å². The van der Waals surface area contributed by atoms with Gasteiger partial charge in [-0.05, 0) is 68.1 Å². The third-order valence-corrected chi connectivity index (χ3v) is 6.50. The Labute approximate surface area is 213 Å². The van der Waals surface area contributed by atoms with Gasteiger partial charge in [0, 0.05) is 29.8 Å². The summed E-state index contributed by atoms with van der Waals surface area (Å²) in [5.41, 5.74) is 0.732. The van der Waals surface area contributed by atoms with Crippen molar-refractivity contribution in [2.75, 3.05) is 36.6 Å². The number of halogens is 1. The molecule has 4 rings (SSSR count). The molecular formula is C25H26ClN5O3S. The highest BCUT2D eigenvalue weighted by Crippen LogP contribution is 2.28. The zero-order valence-corrected chi connectivity index (χ0v) is 20.8. The molecule has 0 saturated carbocycles. The summed E-state index contributed by atoms with van der Waals surface area (Å²) >= 11 is 7.43. The number of thioether (sulfide) groups is 1. The molecule has 1 atom stereocenters. The van der Waals surface area contributed by atoms with Crippen molar-refractivity contribution in [1.82, 2.24) is 15.3 Å². The molecule has 3 heterocycles. The fourth-order valence-corrected chi connectivity index (χ4v) is 4.25. The molecule has 2 amide bonds. The topological polar surface area (TPSA) is 105 Å². The lowest BCUT2D eigenvalue weighted by Crippen LogP contribution is -2.33. The van der Waals surface area contributed by atoms with Crippen LogP contribution in [0.25, 0.3) is 0 Å². The monoisotopic (exact) mass is 511 g/mol. The van der Waals surface area contributed by atoms with Crippen molar-refractivity contribution >= 4 is 46.7 Å². The maximum atomic E-state index is 13.3. The number of pyridine rings is 2. The number of ether oxygens (including phenoxy) is 1. The van der Waals surface area contributed by atoms with E-state index in [0.29, 0.717) is 34.7 Å². The van der Waals surface area contributed by atoms with Crippen molar-refractivity contribution in [1.29, 1.82) is 0 Å². The van der Waals surface area contributed by atoms with E-state index in [1.807, 2.05) is 18.4 Å². The summed E-state index contributed by atoms with van der Waals surface area (Å²) in [4.78, 5) is 35.3. The zero-order chi connectivity index (χ0) is 24.6. The highest BCUT2D eigenvalue weighted by atomic mass is 35.5. The van der Waals surface area contributed by atoms with Gasteiger partial charge in [0.05, 0.1) is 22.9 Å². The van der Waals surface area contributed by atoms with Gasteiger partial charge in [0.15, 0.2) is 5.69 Å². The Morgan fingerprint density at radius 1 is 1.17 bits per heavy atom. The summed E-state index contributed by atoms with van der Waals surface area (Å²) in [6.45, 7) is 2.46. The molecule has 0 aliphatic carbocycles. The number of hydrogen-bond donors (Lipinski definition) is 3. The molecule has 1 saturated heterocycles. The minimum atomic E-state index is -0.505. The smallest absolute Gasteiger partial charge is 0.277 e. The Hall–Kier alpha value is -3.14. The van der Waals surface area contributed by atoms with Gasteiger partial charge in [-0.2, -0.15) is 0 Å². The number of nitrogens with zero attached hydrogens (tertiary/aromatic N) is 2. The molecule has 0 radical (unpaired) electrons. The lowest BCUT2D eigenvalue weighted by atomic mass is 10.0. The van der Waals surface area contributed by atoms with Crippen molar-refractivity contribution in [2.45, 2.75) is 17.7 Å². The summed E-state index contributed by atoms with van der Waals surface area (Å²) in [5.74, 6) is 0.339. The second kappa shape index (κ2) is 12.0. The van der Waals surface area contributed by atoms with Gasteiger partial charge in [0.25, 0.3) is 11.8 Å². The molecule has 3 N–H and O–H groups in total.